The molecule has 1 amide bonds. The van der Waals surface area contributed by atoms with E-state index in [1.54, 1.807) is 12.1 Å². The number of alkyl carbamates (subject to hydrolysis) is 1. The second-order valence-electron chi connectivity index (χ2n) is 5.39. The van der Waals surface area contributed by atoms with Gasteiger partial charge in [-0.2, -0.15) is 0 Å². The van der Waals surface area contributed by atoms with Crippen LogP contribution in [0.3, 0.4) is 0 Å². The van der Waals surface area contributed by atoms with Crippen LogP contribution in [0.1, 0.15) is 11.1 Å². The van der Waals surface area contributed by atoms with Crippen LogP contribution in [0.2, 0.25) is 0 Å². The zero-order valence-electron chi connectivity index (χ0n) is 13.9. The zero-order valence-corrected chi connectivity index (χ0v) is 18.2. The van der Waals surface area contributed by atoms with E-state index in [0.29, 0.717) is 7.14 Å². The van der Waals surface area contributed by atoms with E-state index in [4.69, 9.17) is 9.47 Å². The van der Waals surface area contributed by atoms with Gasteiger partial charge in [0.15, 0.2) is 0 Å². The highest BCUT2D eigenvalue weighted by atomic mass is 127. The third-order valence-corrected chi connectivity index (χ3v) is 5.15. The highest BCUT2D eigenvalue weighted by Crippen LogP contribution is 2.27. The number of halogens is 2. The van der Waals surface area contributed by atoms with Gasteiger partial charge in [0.25, 0.3) is 0 Å². The number of carbonyl (C=O) groups is 2. The molecule has 1 atom stereocenters. The summed E-state index contributed by atoms with van der Waals surface area (Å²) in [6.45, 7) is 0.107. The Labute approximate surface area is 178 Å². The monoisotopic (exact) mass is 581 g/mol. The van der Waals surface area contributed by atoms with Crippen molar-refractivity contribution in [1.82, 2.24) is 5.32 Å². The second-order valence-corrected chi connectivity index (χ2v) is 7.72. The van der Waals surface area contributed by atoms with Gasteiger partial charge >= 0.3 is 12.1 Å². The molecule has 2 N–H and O–H groups in total. The molecule has 2 aromatic rings. The molecule has 0 spiro atoms. The average Bonchev–Trinajstić information content (AvgIpc) is 2.64. The van der Waals surface area contributed by atoms with E-state index >= 15 is 0 Å². The van der Waals surface area contributed by atoms with Crippen molar-refractivity contribution in [3.8, 4) is 5.75 Å². The summed E-state index contributed by atoms with van der Waals surface area (Å²) in [6.07, 6.45) is -0.480. The number of nitrogens with one attached hydrogen (secondary N) is 1. The topological polar surface area (TPSA) is 84.9 Å². The largest absolute Gasteiger partial charge is 0.506 e. The number of amides is 1. The summed E-state index contributed by atoms with van der Waals surface area (Å²) in [5.74, 6) is -0.375. The molecule has 0 heterocycles. The van der Waals surface area contributed by atoms with E-state index in [2.05, 4.69) is 5.32 Å². The van der Waals surface area contributed by atoms with Gasteiger partial charge in [0, 0.05) is 6.42 Å². The number of esters is 1. The van der Waals surface area contributed by atoms with Crippen LogP contribution in [-0.2, 0) is 27.3 Å². The van der Waals surface area contributed by atoms with E-state index in [0.717, 1.165) is 11.1 Å². The fourth-order valence-electron chi connectivity index (χ4n) is 2.21. The van der Waals surface area contributed by atoms with Gasteiger partial charge in [-0.1, -0.05) is 30.3 Å². The molecule has 0 saturated heterocycles. The van der Waals surface area contributed by atoms with Crippen molar-refractivity contribution in [3.05, 3.63) is 60.7 Å². The van der Waals surface area contributed by atoms with Crippen LogP contribution in [0.25, 0.3) is 0 Å². The number of carbonyl (C=O) groups excluding carboxylic acids is 2. The van der Waals surface area contributed by atoms with E-state index in [1.807, 2.05) is 75.5 Å². The van der Waals surface area contributed by atoms with E-state index < -0.39 is 18.1 Å². The molecule has 0 aliphatic carbocycles. The Morgan fingerprint density at radius 2 is 1.73 bits per heavy atom. The molecule has 8 heteroatoms. The van der Waals surface area contributed by atoms with Crippen molar-refractivity contribution in [2.24, 2.45) is 0 Å². The van der Waals surface area contributed by atoms with Gasteiger partial charge in [-0.3, -0.25) is 0 Å². The number of benzene rings is 2. The van der Waals surface area contributed by atoms with Gasteiger partial charge in [0.05, 0.1) is 14.3 Å². The molecule has 0 saturated carbocycles. The minimum absolute atomic E-state index is 0.107. The molecule has 0 aliphatic rings. The molecule has 26 heavy (non-hydrogen) atoms. The summed E-state index contributed by atoms with van der Waals surface area (Å²) in [7, 11) is 1.26. The third kappa shape index (κ3) is 6.01. The molecule has 138 valence electrons. The number of ether oxygens (including phenoxy) is 2. The van der Waals surface area contributed by atoms with Gasteiger partial charge < -0.3 is 19.9 Å². The molecule has 0 radical (unpaired) electrons. The van der Waals surface area contributed by atoms with Crippen LogP contribution >= 0.6 is 45.2 Å². The highest BCUT2D eigenvalue weighted by Gasteiger charge is 2.23. The maximum absolute atomic E-state index is 12.0. The van der Waals surface area contributed by atoms with Gasteiger partial charge in [-0.05, 0) is 68.4 Å². The molecule has 0 aliphatic heterocycles. The molecule has 2 aromatic carbocycles. The first-order valence-electron chi connectivity index (χ1n) is 7.62. The number of phenolic OH excluding ortho intramolecular Hbond substituents is 1. The second kappa shape index (κ2) is 9.95. The van der Waals surface area contributed by atoms with Crippen molar-refractivity contribution >= 4 is 57.2 Å². The van der Waals surface area contributed by atoms with Crippen molar-refractivity contribution < 1.29 is 24.2 Å². The molecule has 0 bridgehead atoms. The lowest BCUT2D eigenvalue weighted by molar-refractivity contribution is -0.143. The Kier molecular flexibility index (Phi) is 7.94. The normalized spacial score (nSPS) is 11.5. The Morgan fingerprint density at radius 3 is 2.31 bits per heavy atom. The van der Waals surface area contributed by atoms with Gasteiger partial charge in [0.1, 0.15) is 18.4 Å². The minimum atomic E-state index is -0.889. The lowest BCUT2D eigenvalue weighted by atomic mass is 10.1. The Balaban J connectivity index is 2.03. The van der Waals surface area contributed by atoms with Crippen LogP contribution in [0, 0.1) is 7.14 Å². The molecular weight excluding hydrogens is 564 g/mol. The number of hydrogen-bond donors (Lipinski definition) is 2. The van der Waals surface area contributed by atoms with Crippen molar-refractivity contribution in [3.63, 3.8) is 0 Å². The highest BCUT2D eigenvalue weighted by molar-refractivity contribution is 14.1. The first-order valence-corrected chi connectivity index (χ1v) is 9.78. The van der Waals surface area contributed by atoms with Crippen LogP contribution in [0.5, 0.6) is 5.75 Å². The lowest BCUT2D eigenvalue weighted by Crippen LogP contribution is -2.43. The summed E-state index contributed by atoms with van der Waals surface area (Å²) in [6, 6.07) is 11.9. The van der Waals surface area contributed by atoms with Gasteiger partial charge in [0.2, 0.25) is 0 Å². The fourth-order valence-corrected chi connectivity index (χ4v) is 4.11. The number of aromatic hydroxyl groups is 1. The Hall–Kier alpha value is -1.56. The maximum atomic E-state index is 12.0. The Morgan fingerprint density at radius 1 is 1.12 bits per heavy atom. The maximum Gasteiger partial charge on any atom is 0.408 e. The van der Waals surface area contributed by atoms with Crippen molar-refractivity contribution in [2.75, 3.05) is 7.11 Å². The summed E-state index contributed by atoms with van der Waals surface area (Å²) >= 11 is 4.02. The number of hydrogen-bond acceptors (Lipinski definition) is 5. The SMILES string of the molecule is COC(=O)[C@H](Cc1cc(I)c(O)c(I)c1)NC(=O)OCc1ccccc1. The third-order valence-electron chi connectivity index (χ3n) is 3.51. The molecule has 0 unspecified atom stereocenters. The molecular formula is C18H17I2NO5. The lowest BCUT2D eigenvalue weighted by Gasteiger charge is -2.17. The van der Waals surface area contributed by atoms with Crippen molar-refractivity contribution in [1.29, 1.82) is 0 Å². The average molecular weight is 581 g/mol. The Bertz CT molecular complexity index is 759. The van der Waals surface area contributed by atoms with E-state index in [1.165, 1.54) is 7.11 Å². The predicted octanol–water partition coefficient (Wildman–Crippen LogP) is 3.61. The minimum Gasteiger partial charge on any atom is -0.506 e. The van der Waals surface area contributed by atoms with Gasteiger partial charge in [-0.15, -0.1) is 0 Å². The zero-order chi connectivity index (χ0) is 19.1. The number of methoxy groups -OCH3 is 1. The quantitative estimate of drug-likeness (QED) is 0.403. The van der Waals surface area contributed by atoms with Crippen LogP contribution < -0.4 is 5.32 Å². The number of rotatable bonds is 6. The van der Waals surface area contributed by atoms with Gasteiger partial charge in [-0.25, -0.2) is 9.59 Å². The molecule has 2 rings (SSSR count). The van der Waals surface area contributed by atoms with Crippen LogP contribution in [0.15, 0.2) is 42.5 Å². The van der Waals surface area contributed by atoms with E-state index in [9.17, 15) is 14.7 Å². The summed E-state index contributed by atoms with van der Waals surface area (Å²) in [4.78, 5) is 24.1. The summed E-state index contributed by atoms with van der Waals surface area (Å²) in [5.41, 5.74) is 1.63. The first kappa shape index (κ1) is 20.7. The summed E-state index contributed by atoms with van der Waals surface area (Å²) < 4.78 is 11.3. The number of phenols is 1. The fraction of sp³-hybridized carbons (Fsp3) is 0.222. The smallest absolute Gasteiger partial charge is 0.408 e. The predicted molar refractivity (Wildman–Crippen MR) is 113 cm³/mol. The van der Waals surface area contributed by atoms with Crippen LogP contribution in [0.4, 0.5) is 4.79 Å². The first-order chi connectivity index (χ1) is 12.4. The molecule has 6 nitrogen and oxygen atoms in total. The molecule has 0 aromatic heterocycles. The van der Waals surface area contributed by atoms with Crippen LogP contribution in [-0.4, -0.2) is 30.3 Å². The van der Waals surface area contributed by atoms with Crippen molar-refractivity contribution in [2.45, 2.75) is 19.1 Å². The van der Waals surface area contributed by atoms with E-state index in [-0.39, 0.29) is 18.8 Å². The molecule has 0 fully saturated rings. The summed E-state index contributed by atoms with van der Waals surface area (Å²) in [5, 5.41) is 12.4. The standard InChI is InChI=1S/C18H17I2NO5/c1-25-17(23)15(9-12-7-13(19)16(22)14(20)8-12)21-18(24)26-10-11-5-3-2-4-6-11/h2-8,15,22H,9-10H2,1H3,(H,21,24)/t15-/m0/s1.